The van der Waals surface area contributed by atoms with Gasteiger partial charge >= 0.3 is 13.8 Å². The molecule has 0 aliphatic carbocycles. The number of phosphoric acid groups is 1. The Morgan fingerprint density at radius 2 is 1.38 bits per heavy atom. The standard InChI is InChI=1S/C15H32N5O8P/c16-7-3-1-5-11(19-13(21)10(18)9-28-29(25,26)27)14(22)20-12(15(23)24)6-2-4-8-17/h10-12H,1-9,16-18H2,(H,19,21)(H,20,22)(H,23,24)(H2,25,26,27)/t10-,11-,12-/m0/s1. The zero-order chi connectivity index (χ0) is 22.4. The largest absolute Gasteiger partial charge is 0.480 e. The number of phosphoric ester groups is 1. The highest BCUT2D eigenvalue weighted by molar-refractivity contribution is 7.46. The molecule has 0 aromatic carbocycles. The van der Waals surface area contributed by atoms with Gasteiger partial charge in [0.1, 0.15) is 18.1 Å². The van der Waals surface area contributed by atoms with Crippen molar-refractivity contribution in [2.45, 2.75) is 56.7 Å². The molecule has 170 valence electrons. The minimum Gasteiger partial charge on any atom is -0.480 e. The summed E-state index contributed by atoms with van der Waals surface area (Å²) in [6.45, 7) is 0.00544. The van der Waals surface area contributed by atoms with E-state index in [1.807, 2.05) is 0 Å². The highest BCUT2D eigenvalue weighted by atomic mass is 31.2. The molecule has 0 aliphatic rings. The lowest BCUT2D eigenvalue weighted by Crippen LogP contribution is -2.55. The fraction of sp³-hybridized carbons (Fsp3) is 0.800. The fourth-order valence-electron chi connectivity index (χ4n) is 2.32. The van der Waals surface area contributed by atoms with Crippen molar-refractivity contribution in [1.82, 2.24) is 10.6 Å². The van der Waals surface area contributed by atoms with Crippen LogP contribution in [0.5, 0.6) is 0 Å². The van der Waals surface area contributed by atoms with E-state index in [-0.39, 0.29) is 12.8 Å². The molecule has 0 unspecified atom stereocenters. The summed E-state index contributed by atoms with van der Waals surface area (Å²) in [6.07, 6.45) is 2.51. The van der Waals surface area contributed by atoms with Crippen molar-refractivity contribution < 1.29 is 38.4 Å². The number of unbranched alkanes of at least 4 members (excludes halogenated alkanes) is 2. The Kier molecular flexibility index (Phi) is 13.6. The molecule has 14 heteroatoms. The van der Waals surface area contributed by atoms with E-state index in [4.69, 9.17) is 27.0 Å². The van der Waals surface area contributed by atoms with Crippen molar-refractivity contribution in [2.75, 3.05) is 19.7 Å². The number of amides is 2. The summed E-state index contributed by atoms with van der Waals surface area (Å²) in [5.74, 6) is -2.80. The first-order valence-electron chi connectivity index (χ1n) is 9.21. The Labute approximate surface area is 168 Å². The predicted octanol–water partition coefficient (Wildman–Crippen LogP) is -2.26. The van der Waals surface area contributed by atoms with Gasteiger partial charge in [-0.15, -0.1) is 0 Å². The Bertz CT molecular complexity index is 573. The Morgan fingerprint density at radius 3 is 1.83 bits per heavy atom. The van der Waals surface area contributed by atoms with Gasteiger partial charge in [-0.2, -0.15) is 0 Å². The lowest BCUT2D eigenvalue weighted by Gasteiger charge is -2.23. The van der Waals surface area contributed by atoms with Gasteiger partial charge in [0.05, 0.1) is 6.61 Å². The molecule has 0 aromatic heterocycles. The van der Waals surface area contributed by atoms with Crippen LogP contribution in [0.4, 0.5) is 0 Å². The molecule has 0 saturated heterocycles. The molecule has 0 heterocycles. The average molecular weight is 441 g/mol. The van der Waals surface area contributed by atoms with Gasteiger partial charge in [-0.3, -0.25) is 14.1 Å². The van der Waals surface area contributed by atoms with Crippen LogP contribution < -0.4 is 27.8 Å². The molecule has 0 rings (SSSR count). The Balaban J connectivity index is 4.98. The lowest BCUT2D eigenvalue weighted by atomic mass is 10.1. The normalized spacial score (nSPS) is 14.7. The van der Waals surface area contributed by atoms with E-state index in [0.29, 0.717) is 38.8 Å². The van der Waals surface area contributed by atoms with E-state index in [9.17, 15) is 24.1 Å². The third kappa shape index (κ3) is 13.3. The summed E-state index contributed by atoms with van der Waals surface area (Å²) in [4.78, 5) is 53.3. The summed E-state index contributed by atoms with van der Waals surface area (Å²) in [5, 5.41) is 14.0. The second-order valence-corrected chi connectivity index (χ2v) is 7.66. The molecule has 0 radical (unpaired) electrons. The van der Waals surface area contributed by atoms with Gasteiger partial charge in [0.2, 0.25) is 11.8 Å². The first kappa shape index (κ1) is 27.4. The maximum atomic E-state index is 12.5. The molecule has 0 bridgehead atoms. The maximum absolute atomic E-state index is 12.5. The Morgan fingerprint density at radius 1 is 0.897 bits per heavy atom. The molecule has 0 spiro atoms. The van der Waals surface area contributed by atoms with Gasteiger partial charge < -0.3 is 42.7 Å². The number of carboxylic acids is 1. The summed E-state index contributed by atoms with van der Waals surface area (Å²) in [5.41, 5.74) is 16.3. The number of rotatable bonds is 16. The lowest BCUT2D eigenvalue weighted by molar-refractivity contribution is -0.142. The molecule has 29 heavy (non-hydrogen) atoms. The smallest absolute Gasteiger partial charge is 0.469 e. The van der Waals surface area contributed by atoms with Crippen molar-refractivity contribution in [3.63, 3.8) is 0 Å². The van der Waals surface area contributed by atoms with Gasteiger partial charge in [-0.05, 0) is 51.6 Å². The highest BCUT2D eigenvalue weighted by Crippen LogP contribution is 2.35. The van der Waals surface area contributed by atoms with Crippen LogP contribution in [0, 0.1) is 0 Å². The van der Waals surface area contributed by atoms with Crippen molar-refractivity contribution in [3.8, 4) is 0 Å². The number of carbonyl (C=O) groups is 3. The number of carbonyl (C=O) groups excluding carboxylic acids is 2. The van der Waals surface area contributed by atoms with E-state index in [1.165, 1.54) is 0 Å². The number of carboxylic acid groups (broad SMARTS) is 1. The number of aliphatic carboxylic acids is 1. The zero-order valence-corrected chi connectivity index (χ0v) is 17.1. The van der Waals surface area contributed by atoms with Crippen LogP contribution in [-0.4, -0.2) is 70.5 Å². The number of hydrogen-bond acceptors (Lipinski definition) is 8. The third-order valence-electron chi connectivity index (χ3n) is 3.90. The first-order chi connectivity index (χ1) is 13.5. The molecule has 3 atom stereocenters. The van der Waals surface area contributed by atoms with Crippen molar-refractivity contribution in [3.05, 3.63) is 0 Å². The quantitative estimate of drug-likeness (QED) is 0.0938. The zero-order valence-electron chi connectivity index (χ0n) is 16.2. The van der Waals surface area contributed by atoms with Gasteiger partial charge in [0.25, 0.3) is 0 Å². The number of nitrogens with one attached hydrogen (secondary N) is 2. The van der Waals surface area contributed by atoms with E-state index in [1.54, 1.807) is 0 Å². The SMILES string of the molecule is NCCCC[C@H](NC(=O)[C@H](CCCCN)NC(=O)[C@@H](N)COP(=O)(O)O)C(=O)O. The van der Waals surface area contributed by atoms with Gasteiger partial charge in [-0.25, -0.2) is 9.36 Å². The van der Waals surface area contributed by atoms with Crippen LogP contribution in [0.3, 0.4) is 0 Å². The van der Waals surface area contributed by atoms with Crippen LogP contribution in [0.1, 0.15) is 38.5 Å². The summed E-state index contributed by atoms with van der Waals surface area (Å²) in [6, 6.07) is -3.67. The molecule has 0 fully saturated rings. The topological polar surface area (TPSA) is 240 Å². The minimum atomic E-state index is -4.81. The van der Waals surface area contributed by atoms with Crippen LogP contribution in [-0.2, 0) is 23.5 Å². The summed E-state index contributed by atoms with van der Waals surface area (Å²) in [7, 11) is -4.81. The summed E-state index contributed by atoms with van der Waals surface area (Å²) < 4.78 is 14.9. The average Bonchev–Trinajstić information content (AvgIpc) is 2.63. The first-order valence-corrected chi connectivity index (χ1v) is 10.7. The fourth-order valence-corrected chi connectivity index (χ4v) is 2.67. The second kappa shape index (κ2) is 14.4. The monoisotopic (exact) mass is 441 g/mol. The van der Waals surface area contributed by atoms with Gasteiger partial charge in [0.15, 0.2) is 0 Å². The highest BCUT2D eigenvalue weighted by Gasteiger charge is 2.28. The van der Waals surface area contributed by atoms with Crippen molar-refractivity contribution >= 4 is 25.6 Å². The second-order valence-electron chi connectivity index (χ2n) is 6.42. The van der Waals surface area contributed by atoms with Crippen LogP contribution in [0.2, 0.25) is 0 Å². The molecule has 2 amide bonds. The molecular weight excluding hydrogens is 409 g/mol. The molecular formula is C15H32N5O8P. The summed E-state index contributed by atoms with van der Waals surface area (Å²) >= 11 is 0. The van der Waals surface area contributed by atoms with E-state index in [0.717, 1.165) is 0 Å². The Hall–Kier alpha value is -1.60. The molecule has 0 saturated carbocycles. The van der Waals surface area contributed by atoms with E-state index >= 15 is 0 Å². The van der Waals surface area contributed by atoms with E-state index in [2.05, 4.69) is 15.2 Å². The van der Waals surface area contributed by atoms with E-state index < -0.39 is 50.3 Å². The number of hydrogen-bond donors (Lipinski definition) is 8. The molecule has 11 N–H and O–H groups in total. The molecule has 13 nitrogen and oxygen atoms in total. The van der Waals surface area contributed by atoms with Gasteiger partial charge in [0, 0.05) is 0 Å². The van der Waals surface area contributed by atoms with Crippen LogP contribution in [0.25, 0.3) is 0 Å². The van der Waals surface area contributed by atoms with Gasteiger partial charge in [-0.1, -0.05) is 0 Å². The minimum absolute atomic E-state index is 0.177. The molecule has 0 aliphatic heterocycles. The van der Waals surface area contributed by atoms with Crippen LogP contribution >= 0.6 is 7.82 Å². The van der Waals surface area contributed by atoms with Crippen LogP contribution in [0.15, 0.2) is 0 Å². The van der Waals surface area contributed by atoms with Crippen molar-refractivity contribution in [1.29, 1.82) is 0 Å². The van der Waals surface area contributed by atoms with Crippen molar-refractivity contribution in [2.24, 2.45) is 17.2 Å². The maximum Gasteiger partial charge on any atom is 0.469 e. The predicted molar refractivity (Wildman–Crippen MR) is 103 cm³/mol. The molecule has 0 aromatic rings. The third-order valence-corrected chi connectivity index (χ3v) is 4.39. The number of nitrogens with two attached hydrogens (primary N) is 3.